The van der Waals surface area contributed by atoms with Crippen LogP contribution in [0.1, 0.15) is 13.3 Å². The predicted octanol–water partition coefficient (Wildman–Crippen LogP) is 0.550. The van der Waals surface area contributed by atoms with Crippen molar-refractivity contribution < 1.29 is 18.3 Å². The summed E-state index contributed by atoms with van der Waals surface area (Å²) in [6.07, 6.45) is 0.545. The van der Waals surface area contributed by atoms with Gasteiger partial charge in [0.05, 0.1) is 23.7 Å². The Labute approximate surface area is 155 Å². The first-order valence-corrected chi connectivity index (χ1v) is 11.0. The number of amides is 1. The van der Waals surface area contributed by atoms with Crippen molar-refractivity contribution in [3.8, 4) is 5.75 Å². The summed E-state index contributed by atoms with van der Waals surface area (Å²) < 4.78 is 23.4. The molecule has 1 aromatic rings. The highest BCUT2D eigenvalue weighted by Crippen LogP contribution is 2.27. The lowest BCUT2D eigenvalue weighted by molar-refractivity contribution is -0.134. The van der Waals surface area contributed by atoms with Gasteiger partial charge in [-0.15, -0.1) is 0 Å². The van der Waals surface area contributed by atoms with Gasteiger partial charge >= 0.3 is 0 Å². The number of carbonyl (C=O) groups excluding carboxylic acids is 1. The smallest absolute Gasteiger partial charge is 0.237 e. The summed E-state index contributed by atoms with van der Waals surface area (Å²) in [4.78, 5) is 18.6. The number of sulfone groups is 1. The van der Waals surface area contributed by atoms with Crippen molar-refractivity contribution in [3.63, 3.8) is 0 Å². The molecule has 1 aromatic carbocycles. The molecule has 0 aromatic heterocycles. The maximum absolute atomic E-state index is 12.7. The maximum Gasteiger partial charge on any atom is 0.237 e. The van der Waals surface area contributed by atoms with Gasteiger partial charge < -0.3 is 14.9 Å². The summed E-state index contributed by atoms with van der Waals surface area (Å²) in [5, 5.41) is 9.98. The van der Waals surface area contributed by atoms with E-state index in [-0.39, 0.29) is 29.2 Å². The standard InChI is InChI=1S/C18H27N3O4S/c1-2-21(15-7-12-26(24,25)14-15)18(23)13-19-8-10-20(11-9-19)16-5-3-4-6-17(16)22/h3-6,15,22H,2,7-14H2,1H3/t15-/m1/s1. The predicted molar refractivity (Wildman–Crippen MR) is 101 cm³/mol. The molecule has 0 spiro atoms. The molecule has 0 radical (unpaired) electrons. The monoisotopic (exact) mass is 381 g/mol. The van der Waals surface area contributed by atoms with Gasteiger partial charge in [-0.1, -0.05) is 12.1 Å². The Balaban J connectivity index is 1.53. The van der Waals surface area contributed by atoms with Crippen LogP contribution in [0, 0.1) is 0 Å². The quantitative estimate of drug-likeness (QED) is 0.802. The number of para-hydroxylation sites is 2. The van der Waals surface area contributed by atoms with Gasteiger partial charge in [-0.05, 0) is 25.5 Å². The zero-order valence-electron chi connectivity index (χ0n) is 15.2. The molecule has 3 rings (SSSR count). The van der Waals surface area contributed by atoms with E-state index >= 15 is 0 Å². The van der Waals surface area contributed by atoms with Crippen LogP contribution < -0.4 is 4.90 Å². The highest BCUT2D eigenvalue weighted by atomic mass is 32.2. The number of hydrogen-bond acceptors (Lipinski definition) is 6. The van der Waals surface area contributed by atoms with Crippen molar-refractivity contribution in [2.75, 3.05) is 55.7 Å². The maximum atomic E-state index is 12.7. The summed E-state index contributed by atoms with van der Waals surface area (Å²) in [6.45, 7) is 5.72. The number of anilines is 1. The van der Waals surface area contributed by atoms with Crippen LogP contribution in [0.15, 0.2) is 24.3 Å². The van der Waals surface area contributed by atoms with Gasteiger partial charge in [0.2, 0.25) is 5.91 Å². The largest absolute Gasteiger partial charge is 0.506 e. The second kappa shape index (κ2) is 7.84. The minimum absolute atomic E-state index is 0.00519. The van der Waals surface area contributed by atoms with Crippen LogP contribution in [0.5, 0.6) is 5.75 Å². The van der Waals surface area contributed by atoms with E-state index in [0.717, 1.165) is 31.9 Å². The molecule has 1 N–H and O–H groups in total. The number of carbonyl (C=O) groups is 1. The van der Waals surface area contributed by atoms with E-state index in [2.05, 4.69) is 9.80 Å². The normalized spacial score (nSPS) is 23.1. The zero-order chi connectivity index (χ0) is 18.7. The summed E-state index contributed by atoms with van der Waals surface area (Å²) in [6, 6.07) is 7.10. The summed E-state index contributed by atoms with van der Waals surface area (Å²) >= 11 is 0. The molecule has 2 saturated heterocycles. The first-order valence-electron chi connectivity index (χ1n) is 9.15. The molecule has 26 heavy (non-hydrogen) atoms. The van der Waals surface area contributed by atoms with Crippen molar-refractivity contribution in [2.45, 2.75) is 19.4 Å². The number of aromatic hydroxyl groups is 1. The van der Waals surface area contributed by atoms with Crippen LogP contribution in [-0.4, -0.2) is 86.0 Å². The van der Waals surface area contributed by atoms with Gasteiger partial charge in [0.15, 0.2) is 9.84 Å². The second-order valence-electron chi connectivity index (χ2n) is 6.99. The SMILES string of the molecule is CCN(C(=O)CN1CCN(c2ccccc2O)CC1)[C@@H]1CCS(=O)(=O)C1. The summed E-state index contributed by atoms with van der Waals surface area (Å²) in [5.41, 5.74) is 0.824. The minimum atomic E-state index is -3.00. The number of hydrogen-bond donors (Lipinski definition) is 1. The molecule has 144 valence electrons. The molecule has 2 aliphatic heterocycles. The third-order valence-electron chi connectivity index (χ3n) is 5.26. The lowest BCUT2D eigenvalue weighted by atomic mass is 10.2. The number of piperazine rings is 1. The molecule has 8 heteroatoms. The van der Waals surface area contributed by atoms with Gasteiger partial charge in [-0.2, -0.15) is 0 Å². The second-order valence-corrected chi connectivity index (χ2v) is 9.22. The number of likely N-dealkylation sites (N-methyl/N-ethyl adjacent to an activating group) is 1. The molecule has 0 unspecified atom stereocenters. The van der Waals surface area contributed by atoms with E-state index in [1.165, 1.54) is 0 Å². The Kier molecular flexibility index (Phi) is 5.72. The number of rotatable bonds is 5. The molecule has 0 aliphatic carbocycles. The van der Waals surface area contributed by atoms with Crippen LogP contribution in [0.25, 0.3) is 0 Å². The van der Waals surface area contributed by atoms with Crippen LogP contribution in [0.2, 0.25) is 0 Å². The van der Waals surface area contributed by atoms with E-state index in [9.17, 15) is 18.3 Å². The Hall–Kier alpha value is -1.80. The molecule has 1 atom stereocenters. The molecule has 2 fully saturated rings. The highest BCUT2D eigenvalue weighted by Gasteiger charge is 2.34. The third-order valence-corrected chi connectivity index (χ3v) is 7.01. The van der Waals surface area contributed by atoms with Gasteiger partial charge in [-0.3, -0.25) is 9.69 Å². The number of nitrogens with zero attached hydrogens (tertiary/aromatic N) is 3. The van der Waals surface area contributed by atoms with Gasteiger partial charge in [-0.25, -0.2) is 8.42 Å². The van der Waals surface area contributed by atoms with Crippen molar-refractivity contribution in [1.82, 2.24) is 9.80 Å². The van der Waals surface area contributed by atoms with Crippen LogP contribution in [-0.2, 0) is 14.6 Å². The van der Waals surface area contributed by atoms with Crippen molar-refractivity contribution in [3.05, 3.63) is 24.3 Å². The molecular formula is C18H27N3O4S. The fourth-order valence-corrected chi connectivity index (χ4v) is 5.55. The third kappa shape index (κ3) is 4.29. The first kappa shape index (κ1) is 19.0. The fourth-order valence-electron chi connectivity index (χ4n) is 3.82. The fraction of sp³-hybridized carbons (Fsp3) is 0.611. The summed E-state index contributed by atoms with van der Waals surface area (Å²) in [5.74, 6) is 0.552. The molecule has 1 amide bonds. The van der Waals surface area contributed by atoms with Crippen LogP contribution >= 0.6 is 0 Å². The van der Waals surface area contributed by atoms with Crippen LogP contribution in [0.4, 0.5) is 5.69 Å². The van der Waals surface area contributed by atoms with E-state index < -0.39 is 9.84 Å². The molecule has 2 heterocycles. The minimum Gasteiger partial charge on any atom is -0.506 e. The zero-order valence-corrected chi connectivity index (χ0v) is 16.0. The van der Waals surface area contributed by atoms with E-state index in [1.807, 2.05) is 19.1 Å². The lowest BCUT2D eigenvalue weighted by Crippen LogP contribution is -2.51. The summed E-state index contributed by atoms with van der Waals surface area (Å²) in [7, 11) is -3.00. The number of phenols is 1. The van der Waals surface area contributed by atoms with Crippen molar-refractivity contribution in [1.29, 1.82) is 0 Å². The molecule has 0 bridgehead atoms. The average Bonchev–Trinajstić information content (AvgIpc) is 2.96. The number of benzene rings is 1. The van der Waals surface area contributed by atoms with E-state index in [4.69, 9.17) is 0 Å². The molecule has 0 saturated carbocycles. The first-order chi connectivity index (χ1) is 12.4. The van der Waals surface area contributed by atoms with Gasteiger partial charge in [0.1, 0.15) is 5.75 Å². The Bertz CT molecular complexity index is 745. The van der Waals surface area contributed by atoms with E-state index in [1.54, 1.807) is 17.0 Å². The molecular weight excluding hydrogens is 354 g/mol. The Morgan fingerprint density at radius 2 is 1.92 bits per heavy atom. The molecule has 2 aliphatic rings. The van der Waals surface area contributed by atoms with Crippen molar-refractivity contribution >= 4 is 21.4 Å². The highest BCUT2D eigenvalue weighted by molar-refractivity contribution is 7.91. The van der Waals surface area contributed by atoms with Gasteiger partial charge in [0, 0.05) is 38.8 Å². The topological polar surface area (TPSA) is 81.2 Å². The Morgan fingerprint density at radius 3 is 2.50 bits per heavy atom. The van der Waals surface area contributed by atoms with E-state index in [0.29, 0.717) is 19.5 Å². The number of phenolic OH excluding ortho intramolecular Hbond substituents is 1. The molecule has 7 nitrogen and oxygen atoms in total. The Morgan fingerprint density at radius 1 is 1.23 bits per heavy atom. The van der Waals surface area contributed by atoms with Crippen LogP contribution in [0.3, 0.4) is 0 Å². The van der Waals surface area contributed by atoms with Gasteiger partial charge in [0.25, 0.3) is 0 Å². The average molecular weight is 381 g/mol. The van der Waals surface area contributed by atoms with Crippen molar-refractivity contribution in [2.24, 2.45) is 0 Å². The lowest BCUT2D eigenvalue weighted by Gasteiger charge is -2.37.